The van der Waals surface area contributed by atoms with E-state index >= 15 is 0 Å². The van der Waals surface area contributed by atoms with E-state index in [4.69, 9.17) is 0 Å². The van der Waals surface area contributed by atoms with E-state index in [2.05, 4.69) is 59.9 Å². The zero-order chi connectivity index (χ0) is 11.1. The minimum Gasteiger partial charge on any atom is -1.00 e. The molecule has 1 rings (SSSR count). The van der Waals surface area contributed by atoms with Crippen LogP contribution in [0.3, 0.4) is 0 Å². The van der Waals surface area contributed by atoms with E-state index in [9.17, 15) is 0 Å². The molecule has 97 valence electrons. The topological polar surface area (TPSA) is 12.0 Å². The first-order valence-electron chi connectivity index (χ1n) is 5.25. The molecule has 0 fully saturated rings. The van der Waals surface area contributed by atoms with E-state index in [-0.39, 0.29) is 57.5 Å². The normalized spacial score (nSPS) is 17.5. The molecular formula is C13H22Cl2NTi. The number of hydrogen-bond acceptors (Lipinski definition) is 1. The zero-order valence-electron chi connectivity index (χ0n) is 11.8. The first kappa shape index (κ1) is 22.7. The molecule has 1 aliphatic rings. The number of hydrogen-bond donors (Lipinski definition) is 1. The van der Waals surface area contributed by atoms with Crippen LogP contribution < -0.4 is 30.1 Å². The monoisotopic (exact) mass is 310 g/mol. The first-order chi connectivity index (χ1) is 6.13. The van der Waals surface area contributed by atoms with Gasteiger partial charge in [-0.05, 0) is 20.8 Å². The second kappa shape index (κ2) is 7.23. The Hall–Kier alpha value is 0.574. The van der Waals surface area contributed by atoms with Crippen molar-refractivity contribution in [3.8, 4) is 0 Å². The van der Waals surface area contributed by atoms with Gasteiger partial charge in [-0.2, -0.15) is 11.1 Å². The van der Waals surface area contributed by atoms with Gasteiger partial charge in [0, 0.05) is 5.54 Å². The second-order valence-electron chi connectivity index (χ2n) is 5.75. The van der Waals surface area contributed by atoms with E-state index in [1.807, 2.05) is 0 Å². The van der Waals surface area contributed by atoms with Gasteiger partial charge in [0.05, 0.1) is 0 Å². The number of halogens is 2. The maximum absolute atomic E-state index is 3.52. The summed E-state index contributed by atoms with van der Waals surface area (Å²) in [5.74, 6) is 0. The molecular weight excluding hydrogens is 289 g/mol. The third kappa shape index (κ3) is 5.83. The van der Waals surface area contributed by atoms with Crippen LogP contribution >= 0.6 is 0 Å². The van der Waals surface area contributed by atoms with E-state index in [0.29, 0.717) is 0 Å². The summed E-state index contributed by atoms with van der Waals surface area (Å²) in [5.41, 5.74) is 4.16. The van der Waals surface area contributed by atoms with Gasteiger partial charge in [-0.25, -0.2) is 6.08 Å². The molecule has 1 nitrogen and oxygen atoms in total. The fraction of sp³-hybridized carbons (Fsp3) is 0.692. The van der Waals surface area contributed by atoms with Crippen molar-refractivity contribution in [2.24, 2.45) is 5.41 Å². The van der Waals surface area contributed by atoms with Crippen LogP contribution in [0.2, 0.25) is 0 Å². The molecule has 4 heteroatoms. The van der Waals surface area contributed by atoms with Crippen LogP contribution in [0.4, 0.5) is 0 Å². The molecule has 0 saturated carbocycles. The van der Waals surface area contributed by atoms with Crippen molar-refractivity contribution in [1.82, 2.24) is 5.32 Å². The van der Waals surface area contributed by atoms with Crippen LogP contribution in [-0.2, 0) is 21.7 Å². The molecule has 0 aromatic carbocycles. The van der Waals surface area contributed by atoms with Crippen molar-refractivity contribution in [2.45, 2.75) is 54.0 Å². The fourth-order valence-corrected chi connectivity index (χ4v) is 1.66. The van der Waals surface area contributed by atoms with E-state index in [1.54, 1.807) is 0 Å². The largest absolute Gasteiger partial charge is 3.00 e. The second-order valence-corrected chi connectivity index (χ2v) is 5.75. The van der Waals surface area contributed by atoms with Crippen molar-refractivity contribution in [3.05, 3.63) is 22.9 Å². The summed E-state index contributed by atoms with van der Waals surface area (Å²) in [6, 6.07) is 0. The van der Waals surface area contributed by atoms with E-state index in [0.717, 1.165) is 0 Å². The summed E-state index contributed by atoms with van der Waals surface area (Å²) in [4.78, 5) is 0. The molecule has 0 heterocycles. The average Bonchev–Trinajstić information content (AvgIpc) is 2.11. The molecule has 0 aromatic rings. The summed E-state index contributed by atoms with van der Waals surface area (Å²) < 4.78 is 0. The molecule has 0 unspecified atom stereocenters. The maximum Gasteiger partial charge on any atom is 3.00 e. The molecule has 1 aliphatic carbocycles. The average molecular weight is 311 g/mol. The molecule has 1 N–H and O–H groups in total. The Bertz CT molecular complexity index is 312. The number of rotatable bonds is 1. The third-order valence-electron chi connectivity index (χ3n) is 2.81. The molecule has 0 atom stereocenters. The molecule has 1 radical (unpaired) electrons. The summed E-state index contributed by atoms with van der Waals surface area (Å²) >= 11 is 0. The van der Waals surface area contributed by atoms with Crippen LogP contribution in [0.25, 0.3) is 0 Å². The fourth-order valence-electron chi connectivity index (χ4n) is 1.66. The van der Waals surface area contributed by atoms with E-state index in [1.165, 1.54) is 16.8 Å². The first-order valence-corrected chi connectivity index (χ1v) is 5.25. The van der Waals surface area contributed by atoms with Gasteiger partial charge in [-0.15, -0.1) is 12.6 Å². The van der Waals surface area contributed by atoms with Gasteiger partial charge in [-0.3, -0.25) is 0 Å². The Kier molecular flexibility index (Phi) is 9.67. The molecule has 0 aromatic heterocycles. The maximum atomic E-state index is 3.52. The van der Waals surface area contributed by atoms with Gasteiger partial charge in [0.1, 0.15) is 0 Å². The number of nitrogens with one attached hydrogen (secondary N) is 1. The Morgan fingerprint density at radius 2 is 1.47 bits per heavy atom. The Morgan fingerprint density at radius 1 is 1.06 bits per heavy atom. The van der Waals surface area contributed by atoms with Gasteiger partial charge >= 0.3 is 21.7 Å². The van der Waals surface area contributed by atoms with Crippen molar-refractivity contribution in [3.63, 3.8) is 0 Å². The molecule has 17 heavy (non-hydrogen) atoms. The van der Waals surface area contributed by atoms with Gasteiger partial charge in [-0.1, -0.05) is 26.2 Å². The predicted molar refractivity (Wildman–Crippen MR) is 61.8 cm³/mol. The smallest absolute Gasteiger partial charge is 1.00 e. The summed E-state index contributed by atoms with van der Waals surface area (Å²) in [7, 11) is 0. The van der Waals surface area contributed by atoms with Gasteiger partial charge in [0.2, 0.25) is 0 Å². The van der Waals surface area contributed by atoms with Crippen molar-refractivity contribution in [2.75, 3.05) is 0 Å². The van der Waals surface area contributed by atoms with Crippen molar-refractivity contribution < 1.29 is 46.5 Å². The summed E-state index contributed by atoms with van der Waals surface area (Å²) in [6.07, 6.45) is 3.52. The molecule has 0 spiro atoms. The summed E-state index contributed by atoms with van der Waals surface area (Å²) in [5, 5.41) is 3.50. The molecule has 0 aliphatic heterocycles. The quantitative estimate of drug-likeness (QED) is 0.415. The Balaban J connectivity index is -0.000000653. The minimum absolute atomic E-state index is 0. The van der Waals surface area contributed by atoms with Crippen LogP contribution in [0, 0.1) is 11.5 Å². The SMILES string of the molecule is CC1=C(C)C(C)(C)[C-]=C1NC(C)(C)C.[Cl-].[Cl-].[Ti+3]. The van der Waals surface area contributed by atoms with Gasteiger partial charge < -0.3 is 30.1 Å². The summed E-state index contributed by atoms with van der Waals surface area (Å²) in [6.45, 7) is 15.3. The number of allylic oxidation sites excluding steroid dienone is 3. The zero-order valence-corrected chi connectivity index (χ0v) is 14.8. The minimum atomic E-state index is 0. The molecule has 0 amide bonds. The van der Waals surface area contributed by atoms with Crippen LogP contribution in [0.1, 0.15) is 48.5 Å². The van der Waals surface area contributed by atoms with E-state index < -0.39 is 0 Å². The third-order valence-corrected chi connectivity index (χ3v) is 2.81. The van der Waals surface area contributed by atoms with Crippen LogP contribution in [0.15, 0.2) is 16.8 Å². The molecule has 0 bridgehead atoms. The standard InChI is InChI=1S/C13H22N.2ClH.Ti/c1-9-10(2)13(6,7)8-11(9)14-12(3,4)5;;;/h14H,1-7H3;2*1H;/q-1;;;+3/p-2. The van der Waals surface area contributed by atoms with Crippen LogP contribution in [0.5, 0.6) is 0 Å². The Labute approximate surface area is 134 Å². The van der Waals surface area contributed by atoms with Gasteiger partial charge in [0.25, 0.3) is 0 Å². The van der Waals surface area contributed by atoms with Crippen molar-refractivity contribution >= 4 is 0 Å². The predicted octanol–water partition coefficient (Wildman–Crippen LogP) is -2.56. The Morgan fingerprint density at radius 3 is 1.71 bits per heavy atom. The van der Waals surface area contributed by atoms with Gasteiger partial charge in [0.15, 0.2) is 0 Å². The molecule has 0 saturated heterocycles. The van der Waals surface area contributed by atoms with Crippen molar-refractivity contribution in [1.29, 1.82) is 0 Å². The van der Waals surface area contributed by atoms with Crippen LogP contribution in [-0.4, -0.2) is 5.54 Å².